The first-order valence-electron chi connectivity index (χ1n) is 7.21. The number of halogens is 1. The van der Waals surface area contributed by atoms with E-state index in [1.807, 2.05) is 0 Å². The zero-order valence-corrected chi connectivity index (χ0v) is 14.9. The number of non-ortho nitro benzene ring substituents is 1. The summed E-state index contributed by atoms with van der Waals surface area (Å²) in [7, 11) is 0. The molecule has 1 aromatic heterocycles. The monoisotopic (exact) mass is 420 g/mol. The molecule has 0 aliphatic rings. The molecule has 134 valence electrons. The summed E-state index contributed by atoms with van der Waals surface area (Å²) in [6.07, 6.45) is 2.64. The maximum absolute atomic E-state index is 12.2. The lowest BCUT2D eigenvalue weighted by Crippen LogP contribution is -2.28. The number of hydrogen-bond donors (Lipinski definition) is 1. The van der Waals surface area contributed by atoms with Gasteiger partial charge in [0.1, 0.15) is 12.3 Å². The Labute approximate surface area is 156 Å². The molecule has 26 heavy (non-hydrogen) atoms. The van der Waals surface area contributed by atoms with Gasteiger partial charge in [-0.15, -0.1) is 0 Å². The van der Waals surface area contributed by atoms with Crippen LogP contribution in [0, 0.1) is 10.1 Å². The molecule has 0 saturated carbocycles. The maximum atomic E-state index is 12.2. The van der Waals surface area contributed by atoms with E-state index >= 15 is 0 Å². The van der Waals surface area contributed by atoms with Gasteiger partial charge in [0.25, 0.3) is 11.6 Å². The van der Waals surface area contributed by atoms with Crippen molar-refractivity contribution in [3.8, 4) is 0 Å². The fourth-order valence-corrected chi connectivity index (χ4v) is 2.18. The third kappa shape index (κ3) is 5.15. The van der Waals surface area contributed by atoms with Gasteiger partial charge in [0.15, 0.2) is 10.4 Å². The van der Waals surface area contributed by atoms with E-state index < -0.39 is 16.8 Å². The van der Waals surface area contributed by atoms with E-state index in [4.69, 9.17) is 9.15 Å². The Kier molecular flexibility index (Phi) is 6.45. The number of hydrogen-bond acceptors (Lipinski definition) is 6. The van der Waals surface area contributed by atoms with Crippen LogP contribution in [0.15, 0.2) is 63.8 Å². The lowest BCUT2D eigenvalue weighted by molar-refractivity contribution is -0.384. The van der Waals surface area contributed by atoms with Gasteiger partial charge >= 0.3 is 5.97 Å². The molecular formula is C17H13BrN2O6. The molecule has 2 aromatic rings. The third-order valence-corrected chi connectivity index (χ3v) is 3.42. The molecule has 0 atom stereocenters. The van der Waals surface area contributed by atoms with Crippen LogP contribution in [0.5, 0.6) is 0 Å². The quantitative estimate of drug-likeness (QED) is 0.241. The number of furan rings is 1. The van der Waals surface area contributed by atoms with Crippen molar-refractivity contribution < 1.29 is 23.7 Å². The van der Waals surface area contributed by atoms with Crippen LogP contribution in [0.1, 0.15) is 16.1 Å². The summed E-state index contributed by atoms with van der Waals surface area (Å²) in [6.45, 7) is 3.38. The molecule has 0 radical (unpaired) electrons. The Bertz CT molecular complexity index is 887. The van der Waals surface area contributed by atoms with Gasteiger partial charge in [-0.3, -0.25) is 14.9 Å². The number of ether oxygens (including phenoxy) is 1. The van der Waals surface area contributed by atoms with E-state index in [1.165, 1.54) is 42.5 Å². The van der Waals surface area contributed by atoms with Gasteiger partial charge in [-0.25, -0.2) is 4.79 Å². The summed E-state index contributed by atoms with van der Waals surface area (Å²) < 4.78 is 10.4. The molecule has 0 unspecified atom stereocenters. The van der Waals surface area contributed by atoms with Crippen LogP contribution in [0.25, 0.3) is 6.08 Å². The number of nitro groups is 1. The second-order valence-electron chi connectivity index (χ2n) is 4.86. The average molecular weight is 421 g/mol. The molecule has 0 spiro atoms. The first-order valence-corrected chi connectivity index (χ1v) is 8.01. The summed E-state index contributed by atoms with van der Waals surface area (Å²) in [4.78, 5) is 34.7. The zero-order valence-electron chi connectivity index (χ0n) is 13.3. The molecule has 0 aliphatic carbocycles. The van der Waals surface area contributed by atoms with Gasteiger partial charge in [0.05, 0.1) is 4.92 Å². The maximum Gasteiger partial charge on any atom is 0.355 e. The van der Waals surface area contributed by atoms with Crippen LogP contribution in [0.2, 0.25) is 0 Å². The van der Waals surface area contributed by atoms with Crippen LogP contribution >= 0.6 is 15.9 Å². The number of nitro benzene ring substituents is 1. The minimum atomic E-state index is -0.824. The smallest absolute Gasteiger partial charge is 0.355 e. The molecule has 0 fully saturated rings. The molecule has 0 saturated heterocycles. The topological polar surface area (TPSA) is 112 Å². The first-order chi connectivity index (χ1) is 12.4. The SMILES string of the molecule is C=CCOC(=O)C(=Cc1cccc([N+](=O)[O-])c1)NC(=O)c1ccc(Br)o1. The standard InChI is InChI=1S/C17H13BrN2O6/c1-2-8-25-17(22)13(19-16(21)14-6-7-15(18)26-14)10-11-4-3-5-12(9-11)20(23)24/h2-7,9-10H,1,8H2,(H,19,21). The molecule has 9 heteroatoms. The largest absolute Gasteiger partial charge is 0.457 e. The highest BCUT2D eigenvalue weighted by Gasteiger charge is 2.18. The van der Waals surface area contributed by atoms with Crippen molar-refractivity contribution in [1.29, 1.82) is 0 Å². The third-order valence-electron chi connectivity index (χ3n) is 2.99. The van der Waals surface area contributed by atoms with Crippen molar-refractivity contribution in [2.24, 2.45) is 0 Å². The highest BCUT2D eigenvalue weighted by atomic mass is 79.9. The fourth-order valence-electron chi connectivity index (χ4n) is 1.87. The second-order valence-corrected chi connectivity index (χ2v) is 5.64. The Hall–Kier alpha value is -3.20. The highest BCUT2D eigenvalue weighted by Crippen LogP contribution is 2.17. The highest BCUT2D eigenvalue weighted by molar-refractivity contribution is 9.10. The van der Waals surface area contributed by atoms with E-state index in [1.54, 1.807) is 6.07 Å². The summed E-state index contributed by atoms with van der Waals surface area (Å²) in [5.74, 6) is -1.53. The van der Waals surface area contributed by atoms with Crippen LogP contribution in [0.3, 0.4) is 0 Å². The lowest BCUT2D eigenvalue weighted by atomic mass is 10.1. The molecule has 0 aliphatic heterocycles. The van der Waals surface area contributed by atoms with Crippen LogP contribution in [-0.4, -0.2) is 23.4 Å². The van der Waals surface area contributed by atoms with Gasteiger partial charge < -0.3 is 14.5 Å². The minimum Gasteiger partial charge on any atom is -0.457 e. The molecule has 1 heterocycles. The van der Waals surface area contributed by atoms with E-state index in [0.717, 1.165) is 0 Å². The number of nitrogens with one attached hydrogen (secondary N) is 1. The van der Waals surface area contributed by atoms with Gasteiger partial charge in [0.2, 0.25) is 0 Å². The van der Waals surface area contributed by atoms with Gasteiger partial charge in [-0.2, -0.15) is 0 Å². The normalized spacial score (nSPS) is 10.9. The van der Waals surface area contributed by atoms with Crippen molar-refractivity contribution in [3.05, 3.63) is 80.9 Å². The second kappa shape index (κ2) is 8.77. The zero-order chi connectivity index (χ0) is 19.1. The Morgan fingerprint density at radius 2 is 2.12 bits per heavy atom. The molecule has 8 nitrogen and oxygen atoms in total. The Balaban J connectivity index is 2.32. The lowest BCUT2D eigenvalue weighted by Gasteiger charge is -2.08. The number of amides is 1. The minimum absolute atomic E-state index is 0.0293. The Morgan fingerprint density at radius 1 is 1.35 bits per heavy atom. The molecule has 1 aromatic carbocycles. The molecular weight excluding hydrogens is 408 g/mol. The van der Waals surface area contributed by atoms with Crippen molar-refractivity contribution in [1.82, 2.24) is 5.32 Å². The van der Waals surface area contributed by atoms with Crippen LogP contribution < -0.4 is 5.32 Å². The summed E-state index contributed by atoms with van der Waals surface area (Å²) in [6, 6.07) is 8.52. The number of carbonyl (C=O) groups excluding carboxylic acids is 2. The molecule has 1 amide bonds. The predicted octanol–water partition coefficient (Wildman–Crippen LogP) is 3.45. The molecule has 2 rings (SSSR count). The van der Waals surface area contributed by atoms with Gasteiger partial charge in [-0.1, -0.05) is 24.8 Å². The van der Waals surface area contributed by atoms with Crippen molar-refractivity contribution in [2.75, 3.05) is 6.61 Å². The number of benzene rings is 1. The molecule has 0 bridgehead atoms. The number of esters is 1. The van der Waals surface area contributed by atoms with E-state index in [2.05, 4.69) is 27.8 Å². The van der Waals surface area contributed by atoms with E-state index in [-0.39, 0.29) is 23.8 Å². The molecule has 1 N–H and O–H groups in total. The first kappa shape index (κ1) is 19.1. The van der Waals surface area contributed by atoms with Crippen LogP contribution in [-0.2, 0) is 9.53 Å². The predicted molar refractivity (Wildman–Crippen MR) is 96.1 cm³/mol. The van der Waals surface area contributed by atoms with Gasteiger partial charge in [-0.05, 0) is 39.7 Å². The number of carbonyl (C=O) groups is 2. The average Bonchev–Trinajstić information content (AvgIpc) is 3.05. The van der Waals surface area contributed by atoms with Crippen molar-refractivity contribution in [2.45, 2.75) is 0 Å². The van der Waals surface area contributed by atoms with E-state index in [0.29, 0.717) is 10.2 Å². The summed E-state index contributed by atoms with van der Waals surface area (Å²) in [5.41, 5.74) is -0.0191. The summed E-state index contributed by atoms with van der Waals surface area (Å²) >= 11 is 3.08. The van der Waals surface area contributed by atoms with E-state index in [9.17, 15) is 19.7 Å². The summed E-state index contributed by atoms with van der Waals surface area (Å²) in [5, 5.41) is 13.3. The van der Waals surface area contributed by atoms with Gasteiger partial charge in [0, 0.05) is 12.1 Å². The Morgan fingerprint density at radius 3 is 2.73 bits per heavy atom. The van der Waals surface area contributed by atoms with Crippen molar-refractivity contribution >= 4 is 39.6 Å². The fraction of sp³-hybridized carbons (Fsp3) is 0.0588. The number of rotatable bonds is 7. The van der Waals surface area contributed by atoms with Crippen LogP contribution in [0.4, 0.5) is 5.69 Å². The van der Waals surface area contributed by atoms with Crippen molar-refractivity contribution in [3.63, 3.8) is 0 Å². The number of nitrogens with zero attached hydrogens (tertiary/aromatic N) is 1.